The molecule has 1 aliphatic heterocycles. The molecule has 1 atom stereocenters. The molecule has 0 saturated carbocycles. The molecule has 0 saturated heterocycles. The standard InChI is InChI=1S/C21H16N2O5/c1-11-15-17(21(27)28-11)23-20(26)16(18(15)24)19(25)22-14-9-7-13(8-10-14)12-5-3-2-4-6-12/h2-11H,1H3,(H,22,25)(H2,23,24,26)/t11-/m1/s1. The van der Waals surface area contributed by atoms with Gasteiger partial charge in [0.25, 0.3) is 11.5 Å². The van der Waals surface area contributed by atoms with E-state index >= 15 is 0 Å². The average Bonchev–Trinajstić information content (AvgIpc) is 2.96. The van der Waals surface area contributed by atoms with E-state index in [1.165, 1.54) is 0 Å². The van der Waals surface area contributed by atoms with Crippen molar-refractivity contribution in [3.63, 3.8) is 0 Å². The minimum Gasteiger partial charge on any atom is -0.506 e. The quantitative estimate of drug-likeness (QED) is 0.608. The summed E-state index contributed by atoms with van der Waals surface area (Å²) in [4.78, 5) is 38.8. The van der Waals surface area contributed by atoms with Gasteiger partial charge in [-0.15, -0.1) is 0 Å². The molecular weight excluding hydrogens is 360 g/mol. The number of amides is 1. The van der Waals surface area contributed by atoms with E-state index in [0.717, 1.165) is 11.1 Å². The fourth-order valence-electron chi connectivity index (χ4n) is 3.22. The van der Waals surface area contributed by atoms with Crippen LogP contribution in [0.2, 0.25) is 0 Å². The summed E-state index contributed by atoms with van der Waals surface area (Å²) >= 11 is 0. The number of H-pyrrole nitrogens is 1. The number of carbonyl (C=O) groups excluding carboxylic acids is 2. The van der Waals surface area contributed by atoms with E-state index in [4.69, 9.17) is 4.74 Å². The Morgan fingerprint density at radius 1 is 1.04 bits per heavy atom. The highest BCUT2D eigenvalue weighted by Gasteiger charge is 2.35. The topological polar surface area (TPSA) is 108 Å². The molecule has 0 aliphatic carbocycles. The summed E-state index contributed by atoms with van der Waals surface area (Å²) in [7, 11) is 0. The second-order valence-electron chi connectivity index (χ2n) is 6.41. The first-order valence-electron chi connectivity index (χ1n) is 8.62. The number of cyclic esters (lactones) is 1. The van der Waals surface area contributed by atoms with Gasteiger partial charge >= 0.3 is 5.97 Å². The number of carbonyl (C=O) groups is 2. The average molecular weight is 376 g/mol. The lowest BCUT2D eigenvalue weighted by molar-refractivity contribution is 0.0416. The molecule has 0 unspecified atom stereocenters. The summed E-state index contributed by atoms with van der Waals surface area (Å²) in [6.45, 7) is 1.55. The van der Waals surface area contributed by atoms with Crippen molar-refractivity contribution < 1.29 is 19.4 Å². The number of aromatic hydroxyl groups is 1. The fourth-order valence-corrected chi connectivity index (χ4v) is 3.22. The van der Waals surface area contributed by atoms with E-state index in [0.29, 0.717) is 5.69 Å². The number of aromatic amines is 1. The van der Waals surface area contributed by atoms with Crippen LogP contribution in [0.3, 0.4) is 0 Å². The van der Waals surface area contributed by atoms with E-state index in [-0.39, 0.29) is 11.3 Å². The Morgan fingerprint density at radius 3 is 2.36 bits per heavy atom. The van der Waals surface area contributed by atoms with Gasteiger partial charge in [0.1, 0.15) is 23.1 Å². The highest BCUT2D eigenvalue weighted by molar-refractivity contribution is 6.07. The number of fused-ring (bicyclic) bond motifs is 1. The molecule has 3 N–H and O–H groups in total. The molecule has 7 heteroatoms. The molecule has 0 fully saturated rings. The molecule has 2 heterocycles. The summed E-state index contributed by atoms with van der Waals surface area (Å²) in [5.41, 5.74) is 1.13. The number of aromatic nitrogens is 1. The van der Waals surface area contributed by atoms with E-state index < -0.39 is 34.9 Å². The Hall–Kier alpha value is -3.87. The smallest absolute Gasteiger partial charge is 0.356 e. The summed E-state index contributed by atoms with van der Waals surface area (Å²) in [5, 5.41) is 13.0. The maximum atomic E-state index is 12.6. The van der Waals surface area contributed by atoms with Crippen molar-refractivity contribution in [2.45, 2.75) is 13.0 Å². The normalized spacial score (nSPS) is 15.0. The monoisotopic (exact) mass is 376 g/mol. The predicted molar refractivity (Wildman–Crippen MR) is 102 cm³/mol. The summed E-state index contributed by atoms with van der Waals surface area (Å²) < 4.78 is 4.97. The van der Waals surface area contributed by atoms with Gasteiger partial charge in [0.15, 0.2) is 0 Å². The van der Waals surface area contributed by atoms with Gasteiger partial charge < -0.3 is 20.1 Å². The lowest BCUT2D eigenvalue weighted by Gasteiger charge is -2.10. The molecule has 0 spiro atoms. The lowest BCUT2D eigenvalue weighted by atomic mass is 10.0. The summed E-state index contributed by atoms with van der Waals surface area (Å²) in [6, 6.07) is 16.8. The summed E-state index contributed by atoms with van der Waals surface area (Å²) in [6.07, 6.45) is -0.754. The van der Waals surface area contributed by atoms with Crippen LogP contribution in [-0.4, -0.2) is 22.0 Å². The first-order chi connectivity index (χ1) is 13.5. The molecule has 0 bridgehead atoms. The Labute approximate surface area is 159 Å². The highest BCUT2D eigenvalue weighted by Crippen LogP contribution is 2.36. The molecule has 28 heavy (non-hydrogen) atoms. The van der Waals surface area contributed by atoms with Crippen molar-refractivity contribution >= 4 is 17.6 Å². The predicted octanol–water partition coefficient (Wildman–Crippen LogP) is 3.23. The van der Waals surface area contributed by atoms with Crippen molar-refractivity contribution in [2.24, 2.45) is 0 Å². The van der Waals surface area contributed by atoms with Crippen molar-refractivity contribution in [1.82, 2.24) is 4.98 Å². The number of anilines is 1. The number of rotatable bonds is 3. The van der Waals surface area contributed by atoms with Gasteiger partial charge in [-0.25, -0.2) is 4.79 Å². The van der Waals surface area contributed by atoms with Gasteiger partial charge in [-0.3, -0.25) is 9.59 Å². The first-order valence-corrected chi connectivity index (χ1v) is 8.62. The van der Waals surface area contributed by atoms with Crippen LogP contribution in [0.5, 0.6) is 5.75 Å². The van der Waals surface area contributed by atoms with E-state index in [9.17, 15) is 19.5 Å². The number of nitrogens with one attached hydrogen (secondary N) is 2. The van der Waals surface area contributed by atoms with Crippen molar-refractivity contribution in [2.75, 3.05) is 5.32 Å². The van der Waals surface area contributed by atoms with Crippen molar-refractivity contribution in [1.29, 1.82) is 0 Å². The lowest BCUT2D eigenvalue weighted by Crippen LogP contribution is -2.25. The Bertz CT molecular complexity index is 1130. The SMILES string of the molecule is C[C@H]1OC(=O)c2[nH]c(=O)c(C(=O)Nc3ccc(-c4ccccc4)cc3)c(O)c21. The molecule has 1 aromatic heterocycles. The zero-order valence-corrected chi connectivity index (χ0v) is 14.9. The van der Waals surface area contributed by atoms with Crippen LogP contribution in [0.25, 0.3) is 11.1 Å². The zero-order valence-electron chi connectivity index (χ0n) is 14.9. The van der Waals surface area contributed by atoms with Crippen molar-refractivity contribution in [3.8, 4) is 16.9 Å². The van der Waals surface area contributed by atoms with Gasteiger partial charge in [-0.2, -0.15) is 0 Å². The Balaban J connectivity index is 1.62. The number of ether oxygens (including phenoxy) is 1. The van der Waals surface area contributed by atoms with Crippen LogP contribution in [0, 0.1) is 0 Å². The van der Waals surface area contributed by atoms with Crippen LogP contribution in [0.4, 0.5) is 5.69 Å². The molecule has 0 radical (unpaired) electrons. The Kier molecular flexibility index (Phi) is 4.19. The second kappa shape index (κ2) is 6.70. The van der Waals surface area contributed by atoms with Crippen LogP contribution >= 0.6 is 0 Å². The molecule has 1 aliphatic rings. The van der Waals surface area contributed by atoms with Crippen LogP contribution < -0.4 is 10.9 Å². The fraction of sp³-hybridized carbons (Fsp3) is 0.0952. The van der Waals surface area contributed by atoms with Crippen LogP contribution in [-0.2, 0) is 4.74 Å². The van der Waals surface area contributed by atoms with E-state index in [1.807, 2.05) is 42.5 Å². The van der Waals surface area contributed by atoms with Gasteiger partial charge in [0.2, 0.25) is 0 Å². The van der Waals surface area contributed by atoms with Crippen molar-refractivity contribution in [3.05, 3.63) is 81.8 Å². The van der Waals surface area contributed by atoms with Gasteiger partial charge in [-0.1, -0.05) is 42.5 Å². The second-order valence-corrected chi connectivity index (χ2v) is 6.41. The number of pyridine rings is 1. The van der Waals surface area contributed by atoms with Crippen LogP contribution in [0.1, 0.15) is 39.4 Å². The maximum Gasteiger partial charge on any atom is 0.356 e. The minimum atomic E-state index is -0.860. The van der Waals surface area contributed by atoms with Gasteiger partial charge in [-0.05, 0) is 30.2 Å². The van der Waals surface area contributed by atoms with E-state index in [2.05, 4.69) is 10.3 Å². The van der Waals surface area contributed by atoms with Gasteiger partial charge in [0, 0.05) is 5.69 Å². The van der Waals surface area contributed by atoms with Crippen LogP contribution in [0.15, 0.2) is 59.4 Å². The molecule has 3 aromatic rings. The maximum absolute atomic E-state index is 12.6. The molecular formula is C21H16N2O5. The Morgan fingerprint density at radius 2 is 1.68 bits per heavy atom. The zero-order chi connectivity index (χ0) is 19.8. The molecule has 7 nitrogen and oxygen atoms in total. The largest absolute Gasteiger partial charge is 0.506 e. The number of hydrogen-bond donors (Lipinski definition) is 3. The minimum absolute atomic E-state index is 0.106. The number of esters is 1. The summed E-state index contributed by atoms with van der Waals surface area (Å²) in [5.74, 6) is -2.06. The molecule has 1 amide bonds. The highest BCUT2D eigenvalue weighted by atomic mass is 16.5. The third-order valence-electron chi connectivity index (χ3n) is 4.60. The van der Waals surface area contributed by atoms with Gasteiger partial charge in [0.05, 0.1) is 5.56 Å². The number of hydrogen-bond acceptors (Lipinski definition) is 5. The molecule has 4 rings (SSSR count). The molecule has 2 aromatic carbocycles. The third-order valence-corrected chi connectivity index (χ3v) is 4.60. The third kappa shape index (κ3) is 2.92. The van der Waals surface area contributed by atoms with E-state index in [1.54, 1.807) is 19.1 Å². The number of benzene rings is 2. The first kappa shape index (κ1) is 17.5. The molecule has 140 valence electrons.